The van der Waals surface area contributed by atoms with Crippen molar-refractivity contribution in [3.05, 3.63) is 48.2 Å². The normalized spacial score (nSPS) is 10.5. The van der Waals surface area contributed by atoms with Gasteiger partial charge in [0.25, 0.3) is 0 Å². The lowest BCUT2D eigenvalue weighted by Gasteiger charge is -2.07. The first-order valence-electron chi connectivity index (χ1n) is 6.55. The molecule has 0 atom stereocenters. The lowest BCUT2D eigenvalue weighted by Crippen LogP contribution is -2.09. The summed E-state index contributed by atoms with van der Waals surface area (Å²) >= 11 is 0. The first-order chi connectivity index (χ1) is 10.6. The van der Waals surface area contributed by atoms with Crippen molar-refractivity contribution in [3.63, 3.8) is 0 Å². The van der Waals surface area contributed by atoms with Crippen LogP contribution in [0.25, 0.3) is 6.08 Å². The summed E-state index contributed by atoms with van der Waals surface area (Å²) in [6.45, 7) is 0. The molecule has 2 rings (SSSR count). The van der Waals surface area contributed by atoms with Crippen LogP contribution in [0, 0.1) is 0 Å². The van der Waals surface area contributed by atoms with Crippen molar-refractivity contribution < 1.29 is 14.3 Å². The van der Waals surface area contributed by atoms with Crippen LogP contribution in [-0.2, 0) is 4.79 Å². The third-order valence-electron chi connectivity index (χ3n) is 2.87. The van der Waals surface area contributed by atoms with Gasteiger partial charge < -0.3 is 20.5 Å². The number of nitrogens with one attached hydrogen (secondary N) is 1. The van der Waals surface area contributed by atoms with Gasteiger partial charge in [0, 0.05) is 6.08 Å². The Labute approximate surface area is 128 Å². The molecule has 3 N–H and O–H groups in total. The van der Waals surface area contributed by atoms with E-state index in [4.69, 9.17) is 15.2 Å². The number of pyridine rings is 1. The number of hydrogen-bond acceptors (Lipinski definition) is 5. The Bertz CT molecular complexity index is 682. The number of ether oxygens (including phenoxy) is 2. The van der Waals surface area contributed by atoms with Gasteiger partial charge in [-0.25, -0.2) is 4.98 Å². The number of nitrogens with zero attached hydrogens (tertiary/aromatic N) is 1. The highest BCUT2D eigenvalue weighted by molar-refractivity contribution is 6.01. The molecule has 0 fully saturated rings. The maximum absolute atomic E-state index is 11.8. The average molecular weight is 299 g/mol. The molecule has 1 heterocycles. The summed E-state index contributed by atoms with van der Waals surface area (Å²) in [4.78, 5) is 15.8. The molecule has 0 aliphatic heterocycles. The standard InChI is InChI=1S/C16H17N3O3/c1-21-13-6-3-11(9-14(13)22-2)4-8-16(20)19-15-7-5-12(17)10-18-15/h3-10H,17H2,1-2H3,(H,18,19,20)/b8-4+. The Balaban J connectivity index is 2.04. The quantitative estimate of drug-likeness (QED) is 0.827. The summed E-state index contributed by atoms with van der Waals surface area (Å²) in [5.74, 6) is 1.39. The third kappa shape index (κ3) is 3.99. The molecular weight excluding hydrogens is 282 g/mol. The van der Waals surface area contributed by atoms with E-state index < -0.39 is 0 Å². The predicted molar refractivity (Wildman–Crippen MR) is 85.9 cm³/mol. The van der Waals surface area contributed by atoms with E-state index in [1.165, 1.54) is 12.3 Å². The zero-order valence-electron chi connectivity index (χ0n) is 12.4. The van der Waals surface area contributed by atoms with Gasteiger partial charge in [-0.05, 0) is 35.9 Å². The Morgan fingerprint density at radius 3 is 2.59 bits per heavy atom. The number of nitrogens with two attached hydrogens (primary N) is 1. The zero-order chi connectivity index (χ0) is 15.9. The molecule has 0 saturated heterocycles. The summed E-state index contributed by atoms with van der Waals surface area (Å²) in [6.07, 6.45) is 4.57. The van der Waals surface area contributed by atoms with Crippen LogP contribution in [0.1, 0.15) is 5.56 Å². The van der Waals surface area contributed by atoms with Crippen molar-refractivity contribution >= 4 is 23.5 Å². The summed E-state index contributed by atoms with van der Waals surface area (Å²) < 4.78 is 10.4. The van der Waals surface area contributed by atoms with E-state index >= 15 is 0 Å². The minimum Gasteiger partial charge on any atom is -0.493 e. The minimum atomic E-state index is -0.285. The van der Waals surface area contributed by atoms with Crippen LogP contribution in [0.15, 0.2) is 42.6 Å². The molecule has 0 aliphatic carbocycles. The minimum absolute atomic E-state index is 0.285. The second-order valence-electron chi connectivity index (χ2n) is 4.41. The van der Waals surface area contributed by atoms with Gasteiger partial charge in [-0.3, -0.25) is 4.79 Å². The number of aromatic nitrogens is 1. The lowest BCUT2D eigenvalue weighted by atomic mass is 10.2. The number of rotatable bonds is 5. The summed E-state index contributed by atoms with van der Waals surface area (Å²) in [5, 5.41) is 2.64. The van der Waals surface area contributed by atoms with Crippen LogP contribution in [-0.4, -0.2) is 25.1 Å². The van der Waals surface area contributed by atoms with Crippen LogP contribution in [0.2, 0.25) is 0 Å². The molecule has 0 bridgehead atoms. The highest BCUT2D eigenvalue weighted by Gasteiger charge is 2.03. The molecule has 0 saturated carbocycles. The molecule has 1 aromatic heterocycles. The number of carbonyl (C=O) groups excluding carboxylic acids is 1. The first-order valence-corrected chi connectivity index (χ1v) is 6.55. The molecule has 0 unspecified atom stereocenters. The Kier molecular flexibility index (Phi) is 4.98. The first kappa shape index (κ1) is 15.4. The van der Waals surface area contributed by atoms with E-state index in [1.807, 2.05) is 6.07 Å². The molecule has 1 aromatic carbocycles. The van der Waals surface area contributed by atoms with Gasteiger partial charge in [-0.15, -0.1) is 0 Å². The fraction of sp³-hybridized carbons (Fsp3) is 0.125. The van der Waals surface area contributed by atoms with E-state index in [-0.39, 0.29) is 5.91 Å². The van der Waals surface area contributed by atoms with Gasteiger partial charge >= 0.3 is 0 Å². The number of nitrogen functional groups attached to an aromatic ring is 1. The van der Waals surface area contributed by atoms with Crippen molar-refractivity contribution in [3.8, 4) is 11.5 Å². The van der Waals surface area contributed by atoms with Crippen LogP contribution in [0.5, 0.6) is 11.5 Å². The average Bonchev–Trinajstić information content (AvgIpc) is 2.54. The fourth-order valence-corrected chi connectivity index (χ4v) is 1.78. The van der Waals surface area contributed by atoms with Crippen LogP contribution >= 0.6 is 0 Å². The number of amides is 1. The molecule has 0 aliphatic rings. The molecule has 6 heteroatoms. The monoisotopic (exact) mass is 299 g/mol. The molecular formula is C16H17N3O3. The predicted octanol–water partition coefficient (Wildman–Crippen LogP) is 2.33. The van der Waals surface area contributed by atoms with E-state index in [1.54, 1.807) is 44.6 Å². The second-order valence-corrected chi connectivity index (χ2v) is 4.41. The van der Waals surface area contributed by atoms with Gasteiger partial charge in [-0.1, -0.05) is 6.07 Å². The van der Waals surface area contributed by atoms with E-state index in [0.29, 0.717) is 23.0 Å². The Morgan fingerprint density at radius 1 is 1.18 bits per heavy atom. The number of methoxy groups -OCH3 is 2. The Hall–Kier alpha value is -3.02. The van der Waals surface area contributed by atoms with E-state index in [0.717, 1.165) is 5.56 Å². The summed E-state index contributed by atoms with van der Waals surface area (Å²) in [6, 6.07) is 8.69. The van der Waals surface area contributed by atoms with Crippen molar-refractivity contribution in [2.75, 3.05) is 25.3 Å². The largest absolute Gasteiger partial charge is 0.493 e. The van der Waals surface area contributed by atoms with Crippen LogP contribution in [0.4, 0.5) is 11.5 Å². The number of benzene rings is 1. The molecule has 6 nitrogen and oxygen atoms in total. The Morgan fingerprint density at radius 2 is 1.95 bits per heavy atom. The molecule has 0 radical (unpaired) electrons. The van der Waals surface area contributed by atoms with E-state index in [2.05, 4.69) is 10.3 Å². The van der Waals surface area contributed by atoms with Crippen LogP contribution in [0.3, 0.4) is 0 Å². The molecule has 22 heavy (non-hydrogen) atoms. The van der Waals surface area contributed by atoms with Gasteiger partial charge in [0.2, 0.25) is 5.91 Å². The van der Waals surface area contributed by atoms with Crippen molar-refractivity contribution in [1.82, 2.24) is 4.98 Å². The van der Waals surface area contributed by atoms with Gasteiger partial charge in [0.05, 0.1) is 26.1 Å². The third-order valence-corrected chi connectivity index (χ3v) is 2.87. The molecule has 0 spiro atoms. The maximum atomic E-state index is 11.8. The molecule has 114 valence electrons. The summed E-state index contributed by atoms with van der Waals surface area (Å²) in [7, 11) is 3.13. The van der Waals surface area contributed by atoms with Crippen LogP contribution < -0.4 is 20.5 Å². The number of carbonyl (C=O) groups is 1. The fourth-order valence-electron chi connectivity index (χ4n) is 1.78. The van der Waals surface area contributed by atoms with E-state index in [9.17, 15) is 4.79 Å². The van der Waals surface area contributed by atoms with Gasteiger partial charge in [-0.2, -0.15) is 0 Å². The van der Waals surface area contributed by atoms with Crippen molar-refractivity contribution in [2.45, 2.75) is 0 Å². The number of anilines is 2. The number of hydrogen-bond donors (Lipinski definition) is 2. The van der Waals surface area contributed by atoms with Gasteiger partial charge in [0.15, 0.2) is 11.5 Å². The zero-order valence-corrected chi connectivity index (χ0v) is 12.4. The SMILES string of the molecule is COc1ccc(/C=C/C(=O)Nc2ccc(N)cn2)cc1OC. The van der Waals surface area contributed by atoms with Crippen molar-refractivity contribution in [1.29, 1.82) is 0 Å². The smallest absolute Gasteiger partial charge is 0.249 e. The highest BCUT2D eigenvalue weighted by atomic mass is 16.5. The van der Waals surface area contributed by atoms with Gasteiger partial charge in [0.1, 0.15) is 5.82 Å². The summed E-state index contributed by atoms with van der Waals surface area (Å²) in [5.41, 5.74) is 6.89. The second kappa shape index (κ2) is 7.12. The lowest BCUT2D eigenvalue weighted by molar-refractivity contribution is -0.111. The van der Waals surface area contributed by atoms with Crippen molar-refractivity contribution in [2.24, 2.45) is 0 Å². The molecule has 2 aromatic rings. The topological polar surface area (TPSA) is 86.5 Å². The molecule has 1 amide bonds. The maximum Gasteiger partial charge on any atom is 0.249 e. The highest BCUT2D eigenvalue weighted by Crippen LogP contribution is 2.27.